The van der Waals surface area contributed by atoms with Gasteiger partial charge in [-0.25, -0.2) is 0 Å². The van der Waals surface area contributed by atoms with Crippen molar-refractivity contribution in [3.8, 4) is 11.8 Å². The zero-order valence-electron chi connectivity index (χ0n) is 43.1. The summed E-state index contributed by atoms with van der Waals surface area (Å²) < 4.78 is 0. The minimum Gasteiger partial charge on any atom is -0.508 e. The Kier molecular flexibility index (Phi) is 23.9. The molecular formula is C51H80N8O15. The number of nitrogens with zero attached hydrogens (tertiary/aromatic N) is 3. The van der Waals surface area contributed by atoms with Gasteiger partial charge in [-0.1, -0.05) is 77.8 Å². The number of aliphatic hydroxyl groups excluding tert-OH is 7. The van der Waals surface area contributed by atoms with Crippen LogP contribution in [0.5, 0.6) is 5.75 Å². The van der Waals surface area contributed by atoms with Crippen molar-refractivity contribution in [1.29, 1.82) is 5.26 Å². The lowest BCUT2D eigenvalue weighted by atomic mass is 9.91. The second-order valence-electron chi connectivity index (χ2n) is 20.6. The van der Waals surface area contributed by atoms with Crippen molar-refractivity contribution >= 4 is 41.4 Å². The van der Waals surface area contributed by atoms with Gasteiger partial charge in [0.05, 0.1) is 49.1 Å². The van der Waals surface area contributed by atoms with Gasteiger partial charge in [0.25, 0.3) is 0 Å². The molecular weight excluding hydrogens is 965 g/mol. The summed E-state index contributed by atoms with van der Waals surface area (Å²) in [6.07, 6.45) is -5.87. The number of aliphatic hydroxyl groups is 7. The van der Waals surface area contributed by atoms with Crippen molar-refractivity contribution in [1.82, 2.24) is 36.4 Å². The van der Waals surface area contributed by atoms with E-state index in [-0.39, 0.29) is 30.7 Å². The van der Waals surface area contributed by atoms with E-state index < -0.39 is 152 Å². The van der Waals surface area contributed by atoms with Crippen LogP contribution in [0.25, 0.3) is 0 Å². The van der Waals surface area contributed by atoms with Gasteiger partial charge in [0.15, 0.2) is 0 Å². The second kappa shape index (κ2) is 29.0. The maximum atomic E-state index is 14.4. The lowest BCUT2D eigenvalue weighted by molar-refractivity contribution is -0.148. The number of rotatable bonds is 19. The van der Waals surface area contributed by atoms with Crippen molar-refractivity contribution in [2.75, 3.05) is 13.1 Å². The number of unbranched alkanes of at least 4 members (excludes halogenated alkanes) is 5. The van der Waals surface area contributed by atoms with Gasteiger partial charge in [-0.15, -0.1) is 0 Å². The van der Waals surface area contributed by atoms with Crippen LogP contribution in [0.1, 0.15) is 136 Å². The smallest absolute Gasteiger partial charge is 0.248 e. The topological polar surface area (TPSA) is 372 Å². The van der Waals surface area contributed by atoms with Crippen LogP contribution in [0.3, 0.4) is 0 Å². The lowest BCUT2D eigenvalue weighted by Crippen LogP contribution is -2.64. The second-order valence-corrected chi connectivity index (χ2v) is 20.6. The highest BCUT2D eigenvalue weighted by Gasteiger charge is 2.48. The molecule has 1 aromatic rings. The molecule has 13 N–H and O–H groups in total. The summed E-state index contributed by atoms with van der Waals surface area (Å²) in [6.45, 7) is 8.36. The van der Waals surface area contributed by atoms with Crippen LogP contribution < -0.4 is 26.6 Å². The van der Waals surface area contributed by atoms with Gasteiger partial charge in [0.2, 0.25) is 41.4 Å². The van der Waals surface area contributed by atoms with Crippen LogP contribution in [0.2, 0.25) is 0 Å². The van der Waals surface area contributed by atoms with Gasteiger partial charge >= 0.3 is 0 Å². The van der Waals surface area contributed by atoms with Crippen molar-refractivity contribution in [3.63, 3.8) is 0 Å². The molecule has 0 bridgehead atoms. The number of phenols is 1. The van der Waals surface area contributed by atoms with E-state index in [1.807, 2.05) is 0 Å². The molecule has 0 radical (unpaired) electrons. The minimum absolute atomic E-state index is 0.00810. The number of benzene rings is 1. The zero-order chi connectivity index (χ0) is 55.0. The summed E-state index contributed by atoms with van der Waals surface area (Å²) in [5.41, 5.74) is -0.0761. The molecule has 0 spiro atoms. The average molecular weight is 1050 g/mol. The number of nitriles is 1. The third-order valence-corrected chi connectivity index (χ3v) is 14.5. The Labute approximate surface area is 432 Å². The Morgan fingerprint density at radius 1 is 0.757 bits per heavy atom. The Morgan fingerprint density at radius 2 is 1.36 bits per heavy atom. The van der Waals surface area contributed by atoms with Crippen molar-refractivity contribution in [2.24, 2.45) is 11.8 Å². The third-order valence-electron chi connectivity index (χ3n) is 14.5. The molecule has 3 saturated heterocycles. The van der Waals surface area contributed by atoms with E-state index in [1.165, 1.54) is 25.5 Å². The molecule has 7 amide bonds. The van der Waals surface area contributed by atoms with Crippen LogP contribution in [0.15, 0.2) is 24.3 Å². The van der Waals surface area contributed by atoms with E-state index in [1.54, 1.807) is 6.07 Å². The highest BCUT2D eigenvalue weighted by atomic mass is 16.3. The van der Waals surface area contributed by atoms with Gasteiger partial charge in [0, 0.05) is 32.4 Å². The number of amides is 7. The molecule has 23 heteroatoms. The van der Waals surface area contributed by atoms with Gasteiger partial charge in [0.1, 0.15) is 54.2 Å². The minimum atomic E-state index is -2.30. The normalized spacial score (nSPS) is 29.2. The number of nitrogens with one attached hydrogen (secondary N) is 5. The molecule has 2 unspecified atom stereocenters. The number of fused-ring (bicyclic) bond motifs is 2. The molecule has 0 saturated carbocycles. The fourth-order valence-corrected chi connectivity index (χ4v) is 9.84. The summed E-state index contributed by atoms with van der Waals surface area (Å²) in [4.78, 5) is 101. The average Bonchev–Trinajstić information content (AvgIpc) is 3.95. The first-order valence-electron chi connectivity index (χ1n) is 26.0. The summed E-state index contributed by atoms with van der Waals surface area (Å²) in [5, 5.41) is 110. The van der Waals surface area contributed by atoms with Crippen LogP contribution >= 0.6 is 0 Å². The number of carbonyl (C=O) groups excluding carboxylic acids is 7. The predicted molar refractivity (Wildman–Crippen MR) is 265 cm³/mol. The number of phenolic OH excluding ortho intramolecular Hbond substituents is 1. The fraction of sp³-hybridized carbons (Fsp3) is 0.725. The molecule has 3 heterocycles. The van der Waals surface area contributed by atoms with Crippen molar-refractivity contribution < 1.29 is 74.4 Å². The Bertz CT molecular complexity index is 2090. The summed E-state index contributed by atoms with van der Waals surface area (Å²) in [6, 6.07) is -6.11. The maximum Gasteiger partial charge on any atom is 0.248 e. The molecule has 3 fully saturated rings. The van der Waals surface area contributed by atoms with E-state index in [4.69, 9.17) is 0 Å². The van der Waals surface area contributed by atoms with E-state index in [0.717, 1.165) is 73.8 Å². The standard InChI is InChI=1S/C51H80N8O15/c1-6-27(2)23-28(3)13-11-9-7-8-10-12-14-39(66)54-34-25-38(65)29(4)53-49(72)43-37(64)20-22-58(43)51(74)41(36(63)19-21-52)56-48(71)42(45(68)44(67)31-15-17-32(61)18-16-31)57-47(70)35-24-33(62)26-59(35)50(73)40(30(5)60)55-46(34)69/h15-18,27-30,33-38,40-45,60-65,67-68H,6-14,19-20,22-26H2,1-5H3,(H,53,72)(H,54,66)(H,55,69)(H,56,71)(H,57,70)/t27?,28?,29-,30-,33-,34+,35+,36-,37+,38-,40+,41+,42+,43+,44+,45+/m1/s1. The number of hydrogen-bond acceptors (Lipinski definition) is 16. The van der Waals surface area contributed by atoms with Crippen molar-refractivity contribution in [2.45, 2.75) is 210 Å². The highest BCUT2D eigenvalue weighted by Crippen LogP contribution is 2.27. The molecule has 16 atom stereocenters. The zero-order valence-corrected chi connectivity index (χ0v) is 43.1. The quantitative estimate of drug-likeness (QED) is 0.0722. The van der Waals surface area contributed by atoms with Crippen LogP contribution in [0.4, 0.5) is 0 Å². The van der Waals surface area contributed by atoms with Crippen molar-refractivity contribution in [3.05, 3.63) is 29.8 Å². The molecule has 0 aliphatic carbocycles. The van der Waals surface area contributed by atoms with Gasteiger partial charge in [-0.05, 0) is 62.6 Å². The van der Waals surface area contributed by atoms with E-state index in [2.05, 4.69) is 47.4 Å². The molecule has 3 aliphatic rings. The SMILES string of the molecule is CCC(C)CC(C)CCCCCCCCC(=O)N[C@H]1C[C@@H](O)[C@@H](C)NC(=O)[C@@H]2[C@@H](O)CCN2C(=O)[C@H]([C@H](O)CC#N)NC(=O)[C@H]([C@H](O)[C@@H](O)c2ccc(O)cc2)NC(=O)[C@@H]2C[C@@H](O)CN2C(=O)[C@H]([C@@H](C)O)NC1=O. The molecule has 23 nitrogen and oxygen atoms in total. The third kappa shape index (κ3) is 17.0. The molecule has 414 valence electrons. The van der Waals surface area contributed by atoms with Gasteiger partial charge in [-0.2, -0.15) is 5.26 Å². The summed E-state index contributed by atoms with van der Waals surface area (Å²) >= 11 is 0. The van der Waals surface area contributed by atoms with Crippen LogP contribution in [-0.2, 0) is 33.6 Å². The Balaban J connectivity index is 1.68. The van der Waals surface area contributed by atoms with E-state index >= 15 is 0 Å². The fourth-order valence-electron chi connectivity index (χ4n) is 9.84. The first-order chi connectivity index (χ1) is 35.0. The maximum absolute atomic E-state index is 14.4. The Morgan fingerprint density at radius 3 is 2.00 bits per heavy atom. The molecule has 1 aromatic carbocycles. The van der Waals surface area contributed by atoms with Gasteiger partial charge in [-0.3, -0.25) is 33.6 Å². The molecule has 74 heavy (non-hydrogen) atoms. The number of hydrogen-bond donors (Lipinski definition) is 13. The van der Waals surface area contributed by atoms with Crippen LogP contribution in [-0.4, -0.2) is 184 Å². The van der Waals surface area contributed by atoms with E-state index in [0.29, 0.717) is 18.3 Å². The molecule has 3 aliphatic heterocycles. The summed E-state index contributed by atoms with van der Waals surface area (Å²) in [7, 11) is 0. The predicted octanol–water partition coefficient (Wildman–Crippen LogP) is -1.23. The number of carbonyl (C=O) groups is 7. The first-order valence-corrected chi connectivity index (χ1v) is 26.0. The van der Waals surface area contributed by atoms with Crippen LogP contribution in [0, 0.1) is 23.2 Å². The molecule has 4 rings (SSSR count). The van der Waals surface area contributed by atoms with E-state index in [9.17, 15) is 79.7 Å². The first kappa shape index (κ1) is 61.1. The largest absolute Gasteiger partial charge is 0.508 e. The highest BCUT2D eigenvalue weighted by molar-refractivity contribution is 5.98. The summed E-state index contributed by atoms with van der Waals surface area (Å²) in [5.74, 6) is -6.51. The van der Waals surface area contributed by atoms with Gasteiger partial charge < -0.3 is 77.2 Å². The number of aromatic hydroxyl groups is 1. The Hall–Kier alpha value is -5.48. The monoisotopic (exact) mass is 1040 g/mol. The lowest BCUT2D eigenvalue weighted by Gasteiger charge is -2.34. The molecule has 0 aromatic heterocycles.